The van der Waals surface area contributed by atoms with Gasteiger partial charge in [0.25, 0.3) is 0 Å². The van der Waals surface area contributed by atoms with Crippen molar-refractivity contribution in [3.05, 3.63) is 41.0 Å². The number of carbonyl (C=O) groups is 1. The molecule has 4 nitrogen and oxygen atoms in total. The Bertz CT molecular complexity index is 719. The second-order valence-electron chi connectivity index (χ2n) is 6.63. The molecule has 0 radical (unpaired) electrons. The fourth-order valence-corrected chi connectivity index (χ4v) is 3.68. The van der Waals surface area contributed by atoms with Crippen LogP contribution in [0, 0.1) is 5.92 Å². The maximum absolute atomic E-state index is 11.0. The molecule has 0 unspecified atom stereocenters. The number of nitrogens with zero attached hydrogens (tertiary/aromatic N) is 2. The summed E-state index contributed by atoms with van der Waals surface area (Å²) >= 11 is 6.27. The zero-order valence-electron chi connectivity index (χ0n) is 14.1. The van der Waals surface area contributed by atoms with Crippen molar-refractivity contribution >= 4 is 28.4 Å². The van der Waals surface area contributed by atoms with Gasteiger partial charge in [-0.15, -0.1) is 0 Å². The van der Waals surface area contributed by atoms with Gasteiger partial charge in [-0.3, -0.25) is 9.69 Å². The van der Waals surface area contributed by atoms with Gasteiger partial charge < -0.3 is 5.32 Å². The molecule has 1 fully saturated rings. The van der Waals surface area contributed by atoms with Gasteiger partial charge in [-0.1, -0.05) is 29.8 Å². The first-order valence-corrected chi connectivity index (χ1v) is 9.00. The summed E-state index contributed by atoms with van der Waals surface area (Å²) in [6, 6.07) is 10.1. The van der Waals surface area contributed by atoms with E-state index in [2.05, 4.69) is 22.3 Å². The van der Waals surface area contributed by atoms with Crippen molar-refractivity contribution in [1.29, 1.82) is 0 Å². The van der Waals surface area contributed by atoms with E-state index >= 15 is 0 Å². The van der Waals surface area contributed by atoms with E-state index in [1.54, 1.807) is 6.92 Å². The van der Waals surface area contributed by atoms with Gasteiger partial charge in [-0.25, -0.2) is 4.98 Å². The average Bonchev–Trinajstić information content (AvgIpc) is 2.56. The Morgan fingerprint density at radius 3 is 3.08 bits per heavy atom. The molecule has 1 amide bonds. The van der Waals surface area contributed by atoms with Crippen LogP contribution in [0.1, 0.15) is 31.9 Å². The number of hydrogen-bond donors (Lipinski definition) is 1. The van der Waals surface area contributed by atoms with Crippen molar-refractivity contribution in [1.82, 2.24) is 15.2 Å². The van der Waals surface area contributed by atoms with Gasteiger partial charge in [-0.05, 0) is 43.9 Å². The van der Waals surface area contributed by atoms with Gasteiger partial charge in [0.15, 0.2) is 0 Å². The summed E-state index contributed by atoms with van der Waals surface area (Å²) < 4.78 is 0. The van der Waals surface area contributed by atoms with E-state index in [1.165, 1.54) is 12.8 Å². The highest BCUT2D eigenvalue weighted by Crippen LogP contribution is 2.24. The lowest BCUT2D eigenvalue weighted by atomic mass is 9.94. The zero-order valence-corrected chi connectivity index (χ0v) is 14.9. The Morgan fingerprint density at radius 2 is 2.25 bits per heavy atom. The van der Waals surface area contributed by atoms with Gasteiger partial charge in [0.2, 0.25) is 5.91 Å². The summed E-state index contributed by atoms with van der Waals surface area (Å²) in [7, 11) is 0. The molecule has 1 N–H and O–H groups in total. The molecule has 2 aromatic rings. The minimum atomic E-state index is 0.0555. The molecule has 2 heterocycles. The molecular formula is C19H24ClN3O. The number of hydrogen-bond acceptors (Lipinski definition) is 3. The van der Waals surface area contributed by atoms with Crippen molar-refractivity contribution in [2.75, 3.05) is 19.6 Å². The zero-order chi connectivity index (χ0) is 16.9. The highest BCUT2D eigenvalue weighted by Gasteiger charge is 2.20. The topological polar surface area (TPSA) is 45.2 Å². The normalized spacial score (nSPS) is 18.7. The Labute approximate surface area is 148 Å². The summed E-state index contributed by atoms with van der Waals surface area (Å²) in [4.78, 5) is 18.2. The number of halogens is 1. The fourth-order valence-electron chi connectivity index (χ4n) is 3.45. The van der Waals surface area contributed by atoms with Crippen LogP contribution in [-0.4, -0.2) is 35.4 Å². The molecule has 0 aliphatic carbocycles. The van der Waals surface area contributed by atoms with Gasteiger partial charge in [0.1, 0.15) is 0 Å². The number of para-hydroxylation sites is 1. The van der Waals surface area contributed by atoms with E-state index in [1.807, 2.05) is 18.2 Å². The number of piperidine rings is 1. The molecule has 1 atom stereocenters. The molecule has 3 rings (SSSR count). The lowest BCUT2D eigenvalue weighted by Gasteiger charge is -2.32. The van der Waals surface area contributed by atoms with Crippen LogP contribution < -0.4 is 5.32 Å². The highest BCUT2D eigenvalue weighted by molar-refractivity contribution is 6.35. The number of amides is 1. The Hall–Kier alpha value is -1.65. The van der Waals surface area contributed by atoms with Gasteiger partial charge in [0, 0.05) is 31.9 Å². The summed E-state index contributed by atoms with van der Waals surface area (Å²) in [6.07, 6.45) is 3.50. The number of pyridine rings is 1. The van der Waals surface area contributed by atoms with Crippen LogP contribution in [0.2, 0.25) is 5.02 Å². The van der Waals surface area contributed by atoms with E-state index in [0.29, 0.717) is 10.9 Å². The number of nitrogens with one attached hydrogen (secondary N) is 1. The first-order valence-electron chi connectivity index (χ1n) is 8.63. The van der Waals surface area contributed by atoms with E-state index in [4.69, 9.17) is 16.6 Å². The second-order valence-corrected chi connectivity index (χ2v) is 7.04. The number of rotatable bonds is 5. The number of aromatic nitrogens is 1. The number of carbonyl (C=O) groups excluding carboxylic acids is 1. The molecule has 0 spiro atoms. The number of benzene rings is 1. The third kappa shape index (κ3) is 4.46. The SMILES string of the molecule is CC(=O)NCC[C@H]1CCCN(Cc2ccc3cccc(Cl)c3n2)C1. The van der Waals surface area contributed by atoms with Gasteiger partial charge >= 0.3 is 0 Å². The molecular weight excluding hydrogens is 322 g/mol. The monoisotopic (exact) mass is 345 g/mol. The minimum absolute atomic E-state index is 0.0555. The molecule has 0 saturated carbocycles. The lowest BCUT2D eigenvalue weighted by Crippen LogP contribution is -2.36. The van der Waals surface area contributed by atoms with Crippen molar-refractivity contribution in [2.45, 2.75) is 32.7 Å². The maximum Gasteiger partial charge on any atom is 0.216 e. The first-order chi connectivity index (χ1) is 11.6. The van der Waals surface area contributed by atoms with E-state index in [0.717, 1.165) is 49.2 Å². The highest BCUT2D eigenvalue weighted by atomic mass is 35.5. The number of fused-ring (bicyclic) bond motifs is 1. The van der Waals surface area contributed by atoms with Gasteiger partial charge in [0.05, 0.1) is 16.2 Å². The van der Waals surface area contributed by atoms with Gasteiger partial charge in [-0.2, -0.15) is 0 Å². The molecule has 1 aliphatic rings. The standard InChI is InChI=1S/C19H24ClN3O/c1-14(24)21-10-9-15-4-3-11-23(12-15)13-17-8-7-16-5-2-6-18(20)19(16)22-17/h2,5-8,15H,3-4,9-13H2,1H3,(H,21,24)/t15-/m1/s1. The van der Waals surface area contributed by atoms with Crippen LogP contribution in [0.3, 0.4) is 0 Å². The van der Waals surface area contributed by atoms with Crippen molar-refractivity contribution in [2.24, 2.45) is 5.92 Å². The minimum Gasteiger partial charge on any atom is -0.356 e. The Kier molecular flexibility index (Phi) is 5.69. The average molecular weight is 346 g/mol. The molecule has 128 valence electrons. The van der Waals surface area contributed by atoms with Crippen molar-refractivity contribution in [3.8, 4) is 0 Å². The van der Waals surface area contributed by atoms with Crippen molar-refractivity contribution in [3.63, 3.8) is 0 Å². The summed E-state index contributed by atoms with van der Waals surface area (Å²) in [5.41, 5.74) is 1.95. The van der Waals surface area contributed by atoms with E-state index in [9.17, 15) is 4.79 Å². The first kappa shape index (κ1) is 17.2. The van der Waals surface area contributed by atoms with Crippen LogP contribution in [0.4, 0.5) is 0 Å². The largest absolute Gasteiger partial charge is 0.356 e. The quantitative estimate of drug-likeness (QED) is 0.900. The van der Waals surface area contributed by atoms with E-state index in [-0.39, 0.29) is 5.91 Å². The van der Waals surface area contributed by atoms with Crippen LogP contribution in [0.15, 0.2) is 30.3 Å². The molecule has 1 saturated heterocycles. The maximum atomic E-state index is 11.0. The molecule has 1 aromatic carbocycles. The van der Waals surface area contributed by atoms with Crippen LogP contribution >= 0.6 is 11.6 Å². The third-order valence-corrected chi connectivity index (χ3v) is 4.95. The molecule has 1 aliphatic heterocycles. The fraction of sp³-hybridized carbons (Fsp3) is 0.474. The third-order valence-electron chi connectivity index (χ3n) is 4.64. The molecule has 5 heteroatoms. The van der Waals surface area contributed by atoms with Crippen LogP contribution in [-0.2, 0) is 11.3 Å². The Balaban J connectivity index is 1.61. The summed E-state index contributed by atoms with van der Waals surface area (Å²) in [5.74, 6) is 0.703. The van der Waals surface area contributed by atoms with E-state index < -0.39 is 0 Å². The molecule has 1 aromatic heterocycles. The summed E-state index contributed by atoms with van der Waals surface area (Å²) in [5, 5.41) is 4.69. The summed E-state index contributed by atoms with van der Waals surface area (Å²) in [6.45, 7) is 5.39. The lowest BCUT2D eigenvalue weighted by molar-refractivity contribution is -0.119. The molecule has 24 heavy (non-hydrogen) atoms. The predicted molar refractivity (Wildman–Crippen MR) is 98.1 cm³/mol. The van der Waals surface area contributed by atoms with Crippen LogP contribution in [0.25, 0.3) is 10.9 Å². The predicted octanol–water partition coefficient (Wildman–Crippen LogP) is 3.63. The second kappa shape index (κ2) is 7.95. The molecule has 0 bridgehead atoms. The smallest absolute Gasteiger partial charge is 0.216 e. The number of likely N-dealkylation sites (tertiary alicyclic amines) is 1. The van der Waals surface area contributed by atoms with Crippen molar-refractivity contribution < 1.29 is 4.79 Å². The Morgan fingerprint density at radius 1 is 1.38 bits per heavy atom. The van der Waals surface area contributed by atoms with Crippen LogP contribution in [0.5, 0.6) is 0 Å².